The van der Waals surface area contributed by atoms with Gasteiger partial charge in [-0.25, -0.2) is 9.97 Å². The average Bonchev–Trinajstić information content (AvgIpc) is 3.23. The molecular formula is C20H29Cl2N3O4Si. The predicted molar refractivity (Wildman–Crippen MR) is 118 cm³/mol. The molecule has 0 amide bonds. The summed E-state index contributed by atoms with van der Waals surface area (Å²) in [6.45, 7) is 15.4. The van der Waals surface area contributed by atoms with Crippen LogP contribution in [0.25, 0.3) is 11.0 Å². The zero-order valence-electron chi connectivity index (χ0n) is 18.4. The van der Waals surface area contributed by atoms with Crippen molar-refractivity contribution in [3.8, 4) is 0 Å². The number of hydrogen-bond donors (Lipinski definition) is 0. The lowest BCUT2D eigenvalue weighted by Crippen LogP contribution is -2.44. The van der Waals surface area contributed by atoms with E-state index < -0.39 is 20.3 Å². The normalized spacial score (nSPS) is 29.0. The van der Waals surface area contributed by atoms with Crippen LogP contribution in [0.1, 0.15) is 40.8 Å². The van der Waals surface area contributed by atoms with E-state index in [4.69, 9.17) is 41.8 Å². The second-order valence-electron chi connectivity index (χ2n) is 9.94. The molecule has 0 spiro atoms. The van der Waals surface area contributed by atoms with Gasteiger partial charge in [-0.05, 0) is 49.6 Å². The Kier molecular flexibility index (Phi) is 5.54. The van der Waals surface area contributed by atoms with Gasteiger partial charge in [0, 0.05) is 6.20 Å². The minimum Gasteiger partial charge on any atom is -0.414 e. The Morgan fingerprint density at radius 3 is 2.50 bits per heavy atom. The van der Waals surface area contributed by atoms with Crippen molar-refractivity contribution in [3.63, 3.8) is 0 Å². The van der Waals surface area contributed by atoms with Gasteiger partial charge >= 0.3 is 0 Å². The lowest BCUT2D eigenvalue weighted by molar-refractivity contribution is -0.199. The Balaban J connectivity index is 1.64. The zero-order chi connectivity index (χ0) is 22.1. The first-order valence-corrected chi connectivity index (χ1v) is 13.8. The number of aromatic nitrogens is 3. The molecule has 0 saturated carbocycles. The monoisotopic (exact) mass is 473 g/mol. The van der Waals surface area contributed by atoms with Gasteiger partial charge in [0.2, 0.25) is 5.28 Å². The van der Waals surface area contributed by atoms with E-state index in [1.54, 1.807) is 0 Å². The summed E-state index contributed by atoms with van der Waals surface area (Å²) in [5.74, 6) is -0.709. The molecule has 166 valence electrons. The van der Waals surface area contributed by atoms with Crippen molar-refractivity contribution in [1.82, 2.24) is 14.5 Å². The summed E-state index contributed by atoms with van der Waals surface area (Å²) in [4.78, 5) is 8.35. The minimum atomic E-state index is -1.94. The number of rotatable bonds is 4. The third-order valence-electron chi connectivity index (χ3n) is 6.31. The summed E-state index contributed by atoms with van der Waals surface area (Å²) in [5.41, 5.74) is 1.31. The molecule has 10 heteroatoms. The number of nitrogens with zero attached hydrogens (tertiary/aromatic N) is 3. The largest absolute Gasteiger partial charge is 0.414 e. The van der Waals surface area contributed by atoms with Crippen LogP contribution in [-0.2, 0) is 18.6 Å². The van der Waals surface area contributed by atoms with Gasteiger partial charge in [0.25, 0.3) is 0 Å². The lowest BCUT2D eigenvalue weighted by Gasteiger charge is -2.37. The highest BCUT2D eigenvalue weighted by molar-refractivity contribution is 6.74. The van der Waals surface area contributed by atoms with Crippen LogP contribution >= 0.6 is 23.2 Å². The van der Waals surface area contributed by atoms with Crippen LogP contribution in [0, 0.1) is 0 Å². The molecule has 2 aromatic heterocycles. The molecule has 2 aromatic rings. The minimum absolute atomic E-state index is 0.109. The van der Waals surface area contributed by atoms with E-state index in [9.17, 15) is 0 Å². The standard InChI is InChI=1S/C20H29Cl2N3O4Si/c1-19(2,3)30(6,7)26-10-12-14-15(29-20(4,5)28-14)17(27-12)25-9-8-11-13(25)16(21)24-18(22)23-11/h8-9,12,14-15,17H,10H2,1-7H3/t12-,14-,15-,17-/m1/s1. The fourth-order valence-corrected chi connectivity index (χ4v) is 5.24. The van der Waals surface area contributed by atoms with Gasteiger partial charge < -0.3 is 23.2 Å². The van der Waals surface area contributed by atoms with E-state index in [1.807, 2.05) is 30.7 Å². The first-order valence-electron chi connectivity index (χ1n) is 10.1. The lowest BCUT2D eigenvalue weighted by atomic mass is 10.1. The van der Waals surface area contributed by atoms with Gasteiger partial charge in [-0.2, -0.15) is 0 Å². The molecular weight excluding hydrogens is 445 g/mol. The fraction of sp³-hybridized carbons (Fsp3) is 0.700. The summed E-state index contributed by atoms with van der Waals surface area (Å²) in [6.07, 6.45) is 0.606. The quantitative estimate of drug-likeness (QED) is 0.346. The third kappa shape index (κ3) is 3.92. The smallest absolute Gasteiger partial charge is 0.224 e. The molecule has 2 fully saturated rings. The molecule has 2 aliphatic rings. The maximum atomic E-state index is 6.45. The van der Waals surface area contributed by atoms with Crippen LogP contribution in [0.3, 0.4) is 0 Å². The van der Waals surface area contributed by atoms with Crippen molar-refractivity contribution < 1.29 is 18.6 Å². The summed E-state index contributed by atoms with van der Waals surface area (Å²) >= 11 is 12.3. The van der Waals surface area contributed by atoms with Crippen LogP contribution in [0.5, 0.6) is 0 Å². The van der Waals surface area contributed by atoms with E-state index in [0.29, 0.717) is 17.6 Å². The summed E-state index contributed by atoms with van der Waals surface area (Å²) in [7, 11) is -1.94. The van der Waals surface area contributed by atoms with Crippen LogP contribution in [0.2, 0.25) is 28.6 Å². The third-order valence-corrected chi connectivity index (χ3v) is 11.2. The molecule has 0 aromatic carbocycles. The zero-order valence-corrected chi connectivity index (χ0v) is 20.9. The topological polar surface area (TPSA) is 67.6 Å². The van der Waals surface area contributed by atoms with Gasteiger partial charge in [0.1, 0.15) is 23.8 Å². The van der Waals surface area contributed by atoms with Crippen molar-refractivity contribution in [2.45, 2.75) is 83.1 Å². The maximum absolute atomic E-state index is 6.45. The van der Waals surface area contributed by atoms with Crippen molar-refractivity contribution in [2.24, 2.45) is 0 Å². The summed E-state index contributed by atoms with van der Waals surface area (Å²) < 4.78 is 27.2. The molecule has 2 aliphatic heterocycles. The van der Waals surface area contributed by atoms with Crippen molar-refractivity contribution in [3.05, 3.63) is 22.7 Å². The summed E-state index contributed by atoms with van der Waals surface area (Å²) in [5, 5.41) is 0.490. The van der Waals surface area contributed by atoms with E-state index in [2.05, 4.69) is 43.8 Å². The maximum Gasteiger partial charge on any atom is 0.224 e. The van der Waals surface area contributed by atoms with Crippen LogP contribution in [0.4, 0.5) is 0 Å². The highest BCUT2D eigenvalue weighted by Gasteiger charge is 2.56. The highest BCUT2D eigenvalue weighted by atomic mass is 35.5. The molecule has 0 N–H and O–H groups in total. The number of fused-ring (bicyclic) bond motifs is 2. The van der Waals surface area contributed by atoms with Crippen molar-refractivity contribution in [1.29, 1.82) is 0 Å². The molecule has 2 saturated heterocycles. The predicted octanol–water partition coefficient (Wildman–Crippen LogP) is 5.18. The second-order valence-corrected chi connectivity index (χ2v) is 15.4. The average molecular weight is 474 g/mol. The number of halogens is 2. The SMILES string of the molecule is CC1(C)O[C@@H]2[C@H](O1)[C@@H](CO[Si](C)(C)C(C)(C)C)O[C@H]2n1ccc2nc(Cl)nc(Cl)c21. The van der Waals surface area contributed by atoms with E-state index in [-0.39, 0.29) is 33.8 Å². The first kappa shape index (κ1) is 22.5. The van der Waals surface area contributed by atoms with Gasteiger partial charge in [0.15, 0.2) is 25.5 Å². The molecule has 0 radical (unpaired) electrons. The highest BCUT2D eigenvalue weighted by Crippen LogP contribution is 2.45. The number of hydrogen-bond acceptors (Lipinski definition) is 6. The van der Waals surface area contributed by atoms with Crippen LogP contribution in [0.15, 0.2) is 12.3 Å². The molecule has 30 heavy (non-hydrogen) atoms. The molecule has 0 unspecified atom stereocenters. The van der Waals surface area contributed by atoms with Gasteiger partial charge in [-0.15, -0.1) is 0 Å². The van der Waals surface area contributed by atoms with Gasteiger partial charge in [-0.3, -0.25) is 0 Å². The molecule has 4 atom stereocenters. The fourth-order valence-electron chi connectivity index (χ4n) is 3.73. The Morgan fingerprint density at radius 2 is 1.83 bits per heavy atom. The Hall–Kier alpha value is -0.743. The first-order chi connectivity index (χ1) is 13.8. The Labute approximate surface area is 188 Å². The van der Waals surface area contributed by atoms with Gasteiger partial charge in [-0.1, -0.05) is 32.4 Å². The second kappa shape index (κ2) is 7.40. The van der Waals surface area contributed by atoms with E-state index in [1.165, 1.54) is 0 Å². The van der Waals surface area contributed by atoms with E-state index >= 15 is 0 Å². The Morgan fingerprint density at radius 1 is 1.17 bits per heavy atom. The molecule has 0 bridgehead atoms. The van der Waals surface area contributed by atoms with E-state index in [0.717, 1.165) is 0 Å². The van der Waals surface area contributed by atoms with Crippen LogP contribution < -0.4 is 0 Å². The Bertz CT molecular complexity index is 959. The van der Waals surface area contributed by atoms with Crippen molar-refractivity contribution in [2.75, 3.05) is 6.61 Å². The van der Waals surface area contributed by atoms with Crippen LogP contribution in [-0.4, -0.2) is 53.6 Å². The number of ether oxygens (including phenoxy) is 3. The molecule has 4 heterocycles. The van der Waals surface area contributed by atoms with Crippen molar-refractivity contribution >= 4 is 42.6 Å². The molecule has 4 rings (SSSR count). The molecule has 0 aliphatic carbocycles. The summed E-state index contributed by atoms with van der Waals surface area (Å²) in [6, 6.07) is 1.84. The van der Waals surface area contributed by atoms with Gasteiger partial charge in [0.05, 0.1) is 12.1 Å². The molecule has 7 nitrogen and oxygen atoms in total.